The number of anilines is 1. The van der Waals surface area contributed by atoms with E-state index in [9.17, 15) is 4.79 Å². The number of fused-ring (bicyclic) bond motifs is 1. The summed E-state index contributed by atoms with van der Waals surface area (Å²) in [4.78, 5) is 13.6. The van der Waals surface area contributed by atoms with Gasteiger partial charge in [-0.25, -0.2) is 0 Å². The molecule has 3 aromatic rings. The number of hydrogen-bond acceptors (Lipinski definition) is 5. The summed E-state index contributed by atoms with van der Waals surface area (Å²) in [6.45, 7) is 3.06. The van der Waals surface area contributed by atoms with E-state index < -0.39 is 0 Å². The zero-order chi connectivity index (χ0) is 19.3. The average molecular weight is 395 g/mol. The van der Waals surface area contributed by atoms with Gasteiger partial charge in [-0.2, -0.15) is 5.10 Å². The van der Waals surface area contributed by atoms with Gasteiger partial charge in [0.15, 0.2) is 17.6 Å². The zero-order valence-corrected chi connectivity index (χ0v) is 16.3. The Morgan fingerprint density at radius 1 is 1.21 bits per heavy atom. The van der Waals surface area contributed by atoms with E-state index in [0.717, 1.165) is 22.1 Å². The fourth-order valence-electron chi connectivity index (χ4n) is 3.02. The Morgan fingerprint density at radius 3 is 2.86 bits per heavy atom. The number of rotatable bonds is 6. The van der Waals surface area contributed by atoms with Crippen molar-refractivity contribution in [3.05, 3.63) is 66.5 Å². The summed E-state index contributed by atoms with van der Waals surface area (Å²) in [5.74, 6) is 2.27. The minimum Gasteiger partial charge on any atom is -0.486 e. The SMILES string of the molecule is CCSc1ccccc1C(=O)Nc1cnn(C[C@H]2COc3ccccc3O2)c1. The van der Waals surface area contributed by atoms with Crippen molar-refractivity contribution in [3.63, 3.8) is 0 Å². The van der Waals surface area contributed by atoms with E-state index in [4.69, 9.17) is 9.47 Å². The molecule has 1 amide bonds. The summed E-state index contributed by atoms with van der Waals surface area (Å²) in [5, 5.41) is 7.26. The molecular weight excluding hydrogens is 374 g/mol. The van der Waals surface area contributed by atoms with Crippen molar-refractivity contribution >= 4 is 23.4 Å². The lowest BCUT2D eigenvalue weighted by molar-refractivity contribution is 0.0759. The standard InChI is InChI=1S/C21H21N3O3S/c1-2-28-20-10-6-3-7-17(20)21(25)23-15-11-22-24(12-15)13-16-14-26-18-8-4-5-9-19(18)27-16/h3-12,16H,2,13-14H2,1H3,(H,23,25)/t16-/m0/s1. The van der Waals surface area contributed by atoms with Gasteiger partial charge in [-0.15, -0.1) is 11.8 Å². The van der Waals surface area contributed by atoms with Crippen molar-refractivity contribution in [3.8, 4) is 11.5 Å². The fraction of sp³-hybridized carbons (Fsp3) is 0.238. The number of para-hydroxylation sites is 2. The fourth-order valence-corrected chi connectivity index (χ4v) is 3.83. The Labute approximate surface area is 167 Å². The monoisotopic (exact) mass is 395 g/mol. The minimum absolute atomic E-state index is 0.137. The van der Waals surface area contributed by atoms with Gasteiger partial charge in [-0.05, 0) is 30.0 Å². The second-order valence-corrected chi connectivity index (χ2v) is 7.64. The van der Waals surface area contributed by atoms with Gasteiger partial charge in [-0.3, -0.25) is 9.48 Å². The largest absolute Gasteiger partial charge is 0.486 e. The third-order valence-electron chi connectivity index (χ3n) is 4.28. The molecule has 0 saturated heterocycles. The van der Waals surface area contributed by atoms with Crippen molar-refractivity contribution < 1.29 is 14.3 Å². The van der Waals surface area contributed by atoms with Gasteiger partial charge in [0.1, 0.15) is 6.61 Å². The smallest absolute Gasteiger partial charge is 0.256 e. The molecule has 2 aromatic carbocycles. The molecule has 144 valence electrons. The van der Waals surface area contributed by atoms with Crippen LogP contribution in [0.5, 0.6) is 11.5 Å². The Bertz CT molecular complexity index is 973. The normalized spacial score (nSPS) is 15.2. The van der Waals surface area contributed by atoms with Crippen molar-refractivity contribution in [2.24, 2.45) is 0 Å². The summed E-state index contributed by atoms with van der Waals surface area (Å²) < 4.78 is 13.5. The number of nitrogens with zero attached hydrogens (tertiary/aromatic N) is 2. The van der Waals surface area contributed by atoms with Crippen LogP contribution in [0.1, 0.15) is 17.3 Å². The van der Waals surface area contributed by atoms with Crippen molar-refractivity contribution in [1.82, 2.24) is 9.78 Å². The van der Waals surface area contributed by atoms with E-state index in [1.165, 1.54) is 0 Å². The maximum absolute atomic E-state index is 12.6. The number of ether oxygens (including phenoxy) is 2. The first-order chi connectivity index (χ1) is 13.7. The van der Waals surface area contributed by atoms with Gasteiger partial charge >= 0.3 is 0 Å². The van der Waals surface area contributed by atoms with Gasteiger partial charge in [0.2, 0.25) is 0 Å². The molecule has 0 aliphatic carbocycles. The summed E-state index contributed by atoms with van der Waals surface area (Å²) in [6, 6.07) is 15.2. The van der Waals surface area contributed by atoms with E-state index in [2.05, 4.69) is 17.3 Å². The Kier molecular flexibility index (Phi) is 5.53. The van der Waals surface area contributed by atoms with Crippen LogP contribution in [0.3, 0.4) is 0 Å². The molecule has 0 bridgehead atoms. The molecule has 0 spiro atoms. The molecule has 1 N–H and O–H groups in total. The Balaban J connectivity index is 1.39. The molecule has 0 fully saturated rings. The van der Waals surface area contributed by atoms with E-state index in [1.807, 2.05) is 48.5 Å². The summed E-state index contributed by atoms with van der Waals surface area (Å²) in [7, 11) is 0. The topological polar surface area (TPSA) is 65.4 Å². The van der Waals surface area contributed by atoms with Gasteiger partial charge in [-0.1, -0.05) is 31.2 Å². The number of amides is 1. The maximum atomic E-state index is 12.6. The van der Waals surface area contributed by atoms with Crippen LogP contribution >= 0.6 is 11.8 Å². The number of thioether (sulfide) groups is 1. The second-order valence-electron chi connectivity index (χ2n) is 6.33. The minimum atomic E-state index is -0.139. The molecule has 6 nitrogen and oxygen atoms in total. The van der Waals surface area contributed by atoms with Crippen LogP contribution in [0.4, 0.5) is 5.69 Å². The predicted molar refractivity (Wildman–Crippen MR) is 109 cm³/mol. The lowest BCUT2D eigenvalue weighted by Crippen LogP contribution is -2.33. The van der Waals surface area contributed by atoms with Gasteiger partial charge in [0, 0.05) is 11.1 Å². The first kappa shape index (κ1) is 18.4. The molecule has 1 aliphatic rings. The second kappa shape index (κ2) is 8.39. The molecule has 4 rings (SSSR count). The highest BCUT2D eigenvalue weighted by Crippen LogP contribution is 2.31. The highest BCUT2D eigenvalue weighted by Gasteiger charge is 2.21. The van der Waals surface area contributed by atoms with E-state index in [-0.39, 0.29) is 12.0 Å². The lowest BCUT2D eigenvalue weighted by Gasteiger charge is -2.26. The van der Waals surface area contributed by atoms with Crippen LogP contribution in [0.25, 0.3) is 0 Å². The molecule has 0 saturated carbocycles. The van der Waals surface area contributed by atoms with E-state index in [1.54, 1.807) is 28.8 Å². The highest BCUT2D eigenvalue weighted by atomic mass is 32.2. The molecule has 2 heterocycles. The molecule has 0 radical (unpaired) electrons. The number of aromatic nitrogens is 2. The van der Waals surface area contributed by atoms with Crippen molar-refractivity contribution in [1.29, 1.82) is 0 Å². The molecule has 1 atom stereocenters. The van der Waals surface area contributed by atoms with Crippen LogP contribution in [-0.4, -0.2) is 34.2 Å². The van der Waals surface area contributed by atoms with Gasteiger partial charge < -0.3 is 14.8 Å². The molecule has 1 aromatic heterocycles. The van der Waals surface area contributed by atoms with Crippen molar-refractivity contribution in [2.75, 3.05) is 17.7 Å². The van der Waals surface area contributed by atoms with Crippen LogP contribution < -0.4 is 14.8 Å². The average Bonchev–Trinajstić information content (AvgIpc) is 3.15. The van der Waals surface area contributed by atoms with Crippen LogP contribution in [0.15, 0.2) is 65.8 Å². The molecular formula is C21H21N3O3S. The molecule has 7 heteroatoms. The number of carbonyl (C=O) groups excluding carboxylic acids is 1. The Morgan fingerprint density at radius 2 is 2.00 bits per heavy atom. The van der Waals surface area contributed by atoms with Crippen LogP contribution in [0, 0.1) is 0 Å². The quantitative estimate of drug-likeness (QED) is 0.637. The third kappa shape index (κ3) is 4.14. The number of benzene rings is 2. The summed E-state index contributed by atoms with van der Waals surface area (Å²) >= 11 is 1.65. The summed E-state index contributed by atoms with van der Waals surface area (Å²) in [5.41, 5.74) is 1.32. The first-order valence-electron chi connectivity index (χ1n) is 9.17. The van der Waals surface area contributed by atoms with Crippen molar-refractivity contribution in [2.45, 2.75) is 24.5 Å². The number of carbonyl (C=O) groups is 1. The van der Waals surface area contributed by atoms with E-state index >= 15 is 0 Å². The van der Waals surface area contributed by atoms with E-state index in [0.29, 0.717) is 24.4 Å². The lowest BCUT2D eigenvalue weighted by atomic mass is 10.2. The zero-order valence-electron chi connectivity index (χ0n) is 15.5. The van der Waals surface area contributed by atoms with Crippen LogP contribution in [0.2, 0.25) is 0 Å². The highest BCUT2D eigenvalue weighted by molar-refractivity contribution is 7.99. The predicted octanol–water partition coefficient (Wildman–Crippen LogP) is 4.09. The molecule has 0 unspecified atom stereocenters. The summed E-state index contributed by atoms with van der Waals surface area (Å²) in [6.07, 6.45) is 3.31. The maximum Gasteiger partial charge on any atom is 0.256 e. The first-order valence-corrected chi connectivity index (χ1v) is 10.2. The molecule has 28 heavy (non-hydrogen) atoms. The van der Waals surface area contributed by atoms with Gasteiger partial charge in [0.25, 0.3) is 5.91 Å². The number of hydrogen-bond donors (Lipinski definition) is 1. The van der Waals surface area contributed by atoms with Crippen LogP contribution in [-0.2, 0) is 6.54 Å². The third-order valence-corrected chi connectivity index (χ3v) is 5.24. The Hall–Kier alpha value is -2.93. The van der Waals surface area contributed by atoms with Gasteiger partial charge in [0.05, 0.1) is 24.0 Å². The molecule has 1 aliphatic heterocycles. The number of nitrogens with one attached hydrogen (secondary N) is 1.